The molecule has 2 heterocycles. The highest BCUT2D eigenvalue weighted by molar-refractivity contribution is 5.58. The molecule has 0 saturated carbocycles. The van der Waals surface area contributed by atoms with Crippen LogP contribution in [0.1, 0.15) is 31.2 Å². The van der Waals surface area contributed by atoms with Crippen LogP contribution in [0, 0.1) is 12.8 Å². The molecule has 0 bridgehead atoms. The van der Waals surface area contributed by atoms with E-state index in [1.807, 2.05) is 7.05 Å². The van der Waals surface area contributed by atoms with Crippen molar-refractivity contribution >= 4 is 11.6 Å². The molecule has 21 heavy (non-hydrogen) atoms. The molecular formula is C16H29N5. The van der Waals surface area contributed by atoms with Crippen LogP contribution in [-0.4, -0.2) is 55.6 Å². The van der Waals surface area contributed by atoms with E-state index in [0.29, 0.717) is 0 Å². The summed E-state index contributed by atoms with van der Waals surface area (Å²) >= 11 is 0. The summed E-state index contributed by atoms with van der Waals surface area (Å²) in [6.45, 7) is 7.62. The third kappa shape index (κ3) is 3.84. The molecule has 0 radical (unpaired) electrons. The second kappa shape index (κ2) is 7.07. The highest BCUT2D eigenvalue weighted by Gasteiger charge is 2.23. The van der Waals surface area contributed by atoms with Gasteiger partial charge in [0.15, 0.2) is 0 Å². The molecule has 1 fully saturated rings. The molecule has 0 spiro atoms. The first-order chi connectivity index (χ1) is 10.0. The maximum Gasteiger partial charge on any atom is 0.137 e. The van der Waals surface area contributed by atoms with Gasteiger partial charge in [-0.25, -0.2) is 9.97 Å². The Morgan fingerprint density at radius 2 is 1.90 bits per heavy atom. The molecule has 0 aromatic carbocycles. The molecule has 0 aliphatic carbocycles. The van der Waals surface area contributed by atoms with Crippen molar-refractivity contribution in [1.82, 2.24) is 14.9 Å². The van der Waals surface area contributed by atoms with E-state index in [0.717, 1.165) is 42.9 Å². The Morgan fingerprint density at radius 1 is 1.24 bits per heavy atom. The molecule has 0 unspecified atom stereocenters. The Balaban J connectivity index is 2.12. The molecule has 1 aliphatic rings. The van der Waals surface area contributed by atoms with Gasteiger partial charge in [0.2, 0.25) is 0 Å². The summed E-state index contributed by atoms with van der Waals surface area (Å²) < 4.78 is 0. The minimum absolute atomic E-state index is 0.813. The van der Waals surface area contributed by atoms with Gasteiger partial charge in [-0.2, -0.15) is 0 Å². The van der Waals surface area contributed by atoms with Crippen LogP contribution in [0.5, 0.6) is 0 Å². The van der Waals surface area contributed by atoms with E-state index >= 15 is 0 Å². The molecule has 5 nitrogen and oxygen atoms in total. The summed E-state index contributed by atoms with van der Waals surface area (Å²) in [6.07, 6.45) is 3.37. The number of anilines is 2. The van der Waals surface area contributed by atoms with E-state index in [1.165, 1.54) is 24.9 Å². The van der Waals surface area contributed by atoms with Crippen molar-refractivity contribution in [3.05, 3.63) is 11.4 Å². The van der Waals surface area contributed by atoms with Crippen LogP contribution >= 0.6 is 0 Å². The molecule has 1 saturated heterocycles. The molecule has 1 aliphatic heterocycles. The van der Waals surface area contributed by atoms with E-state index in [4.69, 9.17) is 4.98 Å². The molecule has 2 rings (SSSR count). The Hall–Kier alpha value is -1.36. The Bertz CT molecular complexity index is 464. The van der Waals surface area contributed by atoms with E-state index in [-0.39, 0.29) is 0 Å². The summed E-state index contributed by atoms with van der Waals surface area (Å²) in [5.41, 5.74) is 1.17. The van der Waals surface area contributed by atoms with Gasteiger partial charge in [-0.05, 0) is 39.8 Å². The van der Waals surface area contributed by atoms with Crippen LogP contribution in [0.15, 0.2) is 0 Å². The SMILES string of the molecule is CCc1nc(NC)c(C)c(N2CCC(CN(C)C)CC2)n1. The first kappa shape index (κ1) is 16.0. The maximum atomic E-state index is 4.77. The van der Waals surface area contributed by atoms with Gasteiger partial charge in [-0.15, -0.1) is 0 Å². The lowest BCUT2D eigenvalue weighted by Gasteiger charge is -2.35. The van der Waals surface area contributed by atoms with E-state index < -0.39 is 0 Å². The van der Waals surface area contributed by atoms with Crippen molar-refractivity contribution < 1.29 is 0 Å². The summed E-state index contributed by atoms with van der Waals surface area (Å²) in [5.74, 6) is 3.82. The molecule has 1 aromatic rings. The predicted octanol–water partition coefficient (Wildman–Crippen LogP) is 2.17. The van der Waals surface area contributed by atoms with E-state index in [9.17, 15) is 0 Å². The monoisotopic (exact) mass is 291 g/mol. The topological polar surface area (TPSA) is 44.3 Å². The van der Waals surface area contributed by atoms with Gasteiger partial charge in [0.25, 0.3) is 0 Å². The number of hydrogen-bond donors (Lipinski definition) is 1. The molecule has 0 amide bonds. The lowest BCUT2D eigenvalue weighted by Crippen LogP contribution is -2.38. The summed E-state index contributed by atoms with van der Waals surface area (Å²) in [6, 6.07) is 0. The molecular weight excluding hydrogens is 262 g/mol. The average Bonchev–Trinajstić information content (AvgIpc) is 2.48. The standard InChI is InChI=1S/C16H29N5/c1-6-14-18-15(17-3)12(2)16(19-14)21-9-7-13(8-10-21)11-20(4)5/h13H,6-11H2,1-5H3,(H,17,18,19). The molecule has 0 atom stereocenters. The first-order valence-electron chi connectivity index (χ1n) is 8.00. The zero-order valence-electron chi connectivity index (χ0n) is 14.1. The highest BCUT2D eigenvalue weighted by Crippen LogP contribution is 2.28. The normalized spacial score (nSPS) is 16.6. The van der Waals surface area contributed by atoms with Crippen molar-refractivity contribution in [2.75, 3.05) is 51.0 Å². The maximum absolute atomic E-state index is 4.77. The van der Waals surface area contributed by atoms with Crippen LogP contribution in [-0.2, 0) is 6.42 Å². The second-order valence-electron chi connectivity index (χ2n) is 6.23. The van der Waals surface area contributed by atoms with Crippen molar-refractivity contribution in [2.24, 2.45) is 5.92 Å². The number of piperidine rings is 1. The van der Waals surface area contributed by atoms with Gasteiger partial charge in [0, 0.05) is 38.7 Å². The minimum atomic E-state index is 0.813. The zero-order chi connectivity index (χ0) is 15.4. The quantitative estimate of drug-likeness (QED) is 0.901. The molecule has 1 aromatic heterocycles. The van der Waals surface area contributed by atoms with Crippen molar-refractivity contribution in [2.45, 2.75) is 33.1 Å². The van der Waals surface area contributed by atoms with Gasteiger partial charge in [0.05, 0.1) is 0 Å². The number of aryl methyl sites for hydroxylation is 1. The third-order valence-corrected chi connectivity index (χ3v) is 4.26. The van der Waals surface area contributed by atoms with Crippen LogP contribution in [0.2, 0.25) is 0 Å². The van der Waals surface area contributed by atoms with Crippen molar-refractivity contribution in [1.29, 1.82) is 0 Å². The van der Waals surface area contributed by atoms with Gasteiger partial charge in [-0.1, -0.05) is 6.92 Å². The lowest BCUT2D eigenvalue weighted by molar-refractivity contribution is 0.284. The number of rotatable bonds is 5. The lowest BCUT2D eigenvalue weighted by atomic mass is 9.96. The summed E-state index contributed by atoms with van der Waals surface area (Å²) in [7, 11) is 6.25. The fourth-order valence-corrected chi connectivity index (χ4v) is 3.10. The van der Waals surface area contributed by atoms with Crippen LogP contribution in [0.3, 0.4) is 0 Å². The Morgan fingerprint density at radius 3 is 2.43 bits per heavy atom. The summed E-state index contributed by atoms with van der Waals surface area (Å²) in [4.78, 5) is 14.1. The number of nitrogens with zero attached hydrogens (tertiary/aromatic N) is 4. The predicted molar refractivity (Wildman–Crippen MR) is 89.2 cm³/mol. The summed E-state index contributed by atoms with van der Waals surface area (Å²) in [5, 5.41) is 3.20. The Kier molecular flexibility index (Phi) is 5.39. The van der Waals surface area contributed by atoms with E-state index in [2.05, 4.69) is 48.0 Å². The molecule has 1 N–H and O–H groups in total. The largest absolute Gasteiger partial charge is 0.373 e. The van der Waals surface area contributed by atoms with Gasteiger partial charge < -0.3 is 15.1 Å². The van der Waals surface area contributed by atoms with Crippen LogP contribution in [0.25, 0.3) is 0 Å². The van der Waals surface area contributed by atoms with Crippen LogP contribution in [0.4, 0.5) is 11.6 Å². The van der Waals surface area contributed by atoms with Crippen molar-refractivity contribution in [3.8, 4) is 0 Å². The fourth-order valence-electron chi connectivity index (χ4n) is 3.10. The number of aromatic nitrogens is 2. The smallest absolute Gasteiger partial charge is 0.137 e. The van der Waals surface area contributed by atoms with Gasteiger partial charge in [0.1, 0.15) is 17.5 Å². The molecule has 5 heteroatoms. The van der Waals surface area contributed by atoms with Gasteiger partial charge >= 0.3 is 0 Å². The zero-order valence-corrected chi connectivity index (χ0v) is 14.1. The number of nitrogens with one attached hydrogen (secondary N) is 1. The van der Waals surface area contributed by atoms with Crippen molar-refractivity contribution in [3.63, 3.8) is 0 Å². The molecule has 118 valence electrons. The highest BCUT2D eigenvalue weighted by atomic mass is 15.2. The fraction of sp³-hybridized carbons (Fsp3) is 0.750. The Labute approximate surface area is 128 Å². The van der Waals surface area contributed by atoms with E-state index in [1.54, 1.807) is 0 Å². The minimum Gasteiger partial charge on any atom is -0.373 e. The number of hydrogen-bond acceptors (Lipinski definition) is 5. The first-order valence-corrected chi connectivity index (χ1v) is 8.00. The second-order valence-corrected chi connectivity index (χ2v) is 6.23. The van der Waals surface area contributed by atoms with Crippen LogP contribution < -0.4 is 10.2 Å². The average molecular weight is 291 g/mol. The third-order valence-electron chi connectivity index (χ3n) is 4.26. The van der Waals surface area contributed by atoms with Gasteiger partial charge in [-0.3, -0.25) is 0 Å².